The number of rotatable bonds is 1. The molecule has 4 heteroatoms. The van der Waals surface area contributed by atoms with E-state index in [0.717, 1.165) is 0 Å². The van der Waals surface area contributed by atoms with Crippen LogP contribution < -0.4 is 10.6 Å². The second kappa shape index (κ2) is 3.94. The van der Waals surface area contributed by atoms with Crippen molar-refractivity contribution < 1.29 is 9.13 Å². The molecule has 1 fully saturated rings. The quantitative estimate of drug-likeness (QED) is 0.742. The van der Waals surface area contributed by atoms with Gasteiger partial charge in [0.1, 0.15) is 5.82 Å². The van der Waals surface area contributed by atoms with Gasteiger partial charge in [-0.2, -0.15) is 0 Å². The monoisotopic (exact) mass is 224 g/mol. The van der Waals surface area contributed by atoms with Crippen molar-refractivity contribution in [3.8, 4) is 0 Å². The molecule has 1 aliphatic heterocycles. The Balaban J connectivity index is 2.23. The van der Waals surface area contributed by atoms with Gasteiger partial charge in [0.15, 0.2) is 0 Å². The first-order chi connectivity index (χ1) is 7.48. The van der Waals surface area contributed by atoms with E-state index in [2.05, 4.69) is 0 Å². The number of hydrogen-bond donors (Lipinski definition) is 1. The van der Waals surface area contributed by atoms with E-state index in [1.54, 1.807) is 12.1 Å². The lowest BCUT2D eigenvalue weighted by molar-refractivity contribution is -0.0278. The van der Waals surface area contributed by atoms with Gasteiger partial charge in [-0.05, 0) is 32.0 Å². The second-order valence-electron chi connectivity index (χ2n) is 4.74. The van der Waals surface area contributed by atoms with Crippen molar-refractivity contribution in [1.29, 1.82) is 0 Å². The number of nitrogen functional groups attached to an aromatic ring is 1. The highest BCUT2D eigenvalue weighted by atomic mass is 19.1. The second-order valence-corrected chi connectivity index (χ2v) is 4.74. The molecule has 0 aliphatic carbocycles. The van der Waals surface area contributed by atoms with E-state index >= 15 is 0 Å². The summed E-state index contributed by atoms with van der Waals surface area (Å²) in [6.45, 7) is 6.04. The third kappa shape index (κ3) is 2.27. The Hall–Kier alpha value is -1.29. The summed E-state index contributed by atoms with van der Waals surface area (Å²) in [7, 11) is 0. The molecule has 0 amide bonds. The van der Waals surface area contributed by atoms with E-state index in [-0.39, 0.29) is 11.4 Å². The van der Waals surface area contributed by atoms with Gasteiger partial charge in [0.2, 0.25) is 0 Å². The molecule has 1 saturated heterocycles. The molecule has 3 nitrogen and oxygen atoms in total. The summed E-state index contributed by atoms with van der Waals surface area (Å²) in [5.41, 5.74) is 6.35. The van der Waals surface area contributed by atoms with Crippen LogP contribution in [0.2, 0.25) is 0 Å². The van der Waals surface area contributed by atoms with E-state index in [1.807, 2.05) is 18.7 Å². The smallest absolute Gasteiger partial charge is 0.148 e. The first-order valence-electron chi connectivity index (χ1n) is 5.42. The van der Waals surface area contributed by atoms with Crippen LogP contribution in [0.15, 0.2) is 18.2 Å². The Morgan fingerprint density at radius 1 is 1.44 bits per heavy atom. The van der Waals surface area contributed by atoms with Crippen LogP contribution in [0.4, 0.5) is 15.8 Å². The van der Waals surface area contributed by atoms with Crippen molar-refractivity contribution in [3.63, 3.8) is 0 Å². The zero-order valence-corrected chi connectivity index (χ0v) is 9.66. The normalized spacial score (nSPS) is 19.8. The molecule has 0 saturated carbocycles. The van der Waals surface area contributed by atoms with Gasteiger partial charge in [-0.3, -0.25) is 0 Å². The third-order valence-corrected chi connectivity index (χ3v) is 2.74. The maximum Gasteiger partial charge on any atom is 0.148 e. The van der Waals surface area contributed by atoms with Gasteiger partial charge in [0, 0.05) is 18.8 Å². The molecule has 0 spiro atoms. The first-order valence-corrected chi connectivity index (χ1v) is 5.42. The summed E-state index contributed by atoms with van der Waals surface area (Å²) in [6, 6.07) is 4.81. The van der Waals surface area contributed by atoms with E-state index in [9.17, 15) is 4.39 Å². The molecule has 1 aromatic rings. The highest BCUT2D eigenvalue weighted by Crippen LogP contribution is 2.26. The van der Waals surface area contributed by atoms with Crippen LogP contribution in [0.1, 0.15) is 13.8 Å². The minimum Gasteiger partial charge on any atom is -0.399 e. The van der Waals surface area contributed by atoms with E-state index in [1.165, 1.54) is 6.07 Å². The summed E-state index contributed by atoms with van der Waals surface area (Å²) in [5.74, 6) is -0.266. The van der Waals surface area contributed by atoms with Crippen LogP contribution in [0, 0.1) is 5.82 Å². The van der Waals surface area contributed by atoms with Crippen LogP contribution >= 0.6 is 0 Å². The number of hydrogen-bond acceptors (Lipinski definition) is 3. The molecule has 88 valence electrons. The maximum absolute atomic E-state index is 13.7. The minimum atomic E-state index is -0.266. The number of nitrogens with zero attached hydrogens (tertiary/aromatic N) is 1. The van der Waals surface area contributed by atoms with E-state index in [0.29, 0.717) is 31.1 Å². The molecule has 0 radical (unpaired) electrons. The average molecular weight is 224 g/mol. The lowest BCUT2D eigenvalue weighted by Gasteiger charge is -2.39. The van der Waals surface area contributed by atoms with Gasteiger partial charge < -0.3 is 15.4 Å². The highest BCUT2D eigenvalue weighted by molar-refractivity contribution is 5.54. The summed E-state index contributed by atoms with van der Waals surface area (Å²) in [4.78, 5) is 2.00. The number of morpholine rings is 1. The molecule has 16 heavy (non-hydrogen) atoms. The van der Waals surface area contributed by atoms with Crippen molar-refractivity contribution in [2.75, 3.05) is 30.3 Å². The maximum atomic E-state index is 13.7. The van der Waals surface area contributed by atoms with Crippen LogP contribution in [0.25, 0.3) is 0 Å². The van der Waals surface area contributed by atoms with E-state index < -0.39 is 0 Å². The zero-order valence-electron chi connectivity index (χ0n) is 9.66. The molecule has 2 rings (SSSR count). The SMILES string of the molecule is CC1(C)CN(c2ccc(N)cc2F)CCO1. The van der Waals surface area contributed by atoms with Gasteiger partial charge in [-0.25, -0.2) is 4.39 Å². The summed E-state index contributed by atoms with van der Waals surface area (Å²) < 4.78 is 19.3. The molecule has 1 aromatic carbocycles. The zero-order chi connectivity index (χ0) is 11.8. The molecule has 2 N–H and O–H groups in total. The topological polar surface area (TPSA) is 38.5 Å². The van der Waals surface area contributed by atoms with Crippen LogP contribution in [-0.4, -0.2) is 25.3 Å². The Morgan fingerprint density at radius 3 is 2.81 bits per heavy atom. The van der Waals surface area contributed by atoms with Crippen LogP contribution in [0.3, 0.4) is 0 Å². The van der Waals surface area contributed by atoms with Crippen molar-refractivity contribution >= 4 is 11.4 Å². The predicted molar refractivity (Wildman–Crippen MR) is 63.1 cm³/mol. The Bertz CT molecular complexity index is 393. The van der Waals surface area contributed by atoms with Gasteiger partial charge >= 0.3 is 0 Å². The molecular formula is C12H17FN2O. The molecule has 1 heterocycles. The molecule has 0 unspecified atom stereocenters. The summed E-state index contributed by atoms with van der Waals surface area (Å²) >= 11 is 0. The van der Waals surface area contributed by atoms with E-state index in [4.69, 9.17) is 10.5 Å². The Labute approximate surface area is 95.0 Å². The average Bonchev–Trinajstić information content (AvgIpc) is 2.15. The largest absolute Gasteiger partial charge is 0.399 e. The van der Waals surface area contributed by atoms with Gasteiger partial charge in [0.25, 0.3) is 0 Å². The molecule has 0 atom stereocenters. The fraction of sp³-hybridized carbons (Fsp3) is 0.500. The number of nitrogens with two attached hydrogens (primary N) is 1. The van der Waals surface area contributed by atoms with Crippen molar-refractivity contribution in [2.45, 2.75) is 19.4 Å². The Kier molecular flexibility index (Phi) is 2.76. The standard InChI is InChI=1S/C12H17FN2O/c1-12(2)8-15(5-6-16-12)11-4-3-9(14)7-10(11)13/h3-4,7H,5-6,8,14H2,1-2H3. The van der Waals surface area contributed by atoms with Gasteiger partial charge in [0.05, 0.1) is 17.9 Å². The van der Waals surface area contributed by atoms with Gasteiger partial charge in [-0.15, -0.1) is 0 Å². The van der Waals surface area contributed by atoms with Crippen LogP contribution in [0.5, 0.6) is 0 Å². The molecule has 0 aromatic heterocycles. The minimum absolute atomic E-state index is 0.230. The fourth-order valence-corrected chi connectivity index (χ4v) is 2.00. The van der Waals surface area contributed by atoms with Crippen molar-refractivity contribution in [1.82, 2.24) is 0 Å². The van der Waals surface area contributed by atoms with Gasteiger partial charge in [-0.1, -0.05) is 0 Å². The molecular weight excluding hydrogens is 207 g/mol. The number of benzene rings is 1. The Morgan fingerprint density at radius 2 is 2.19 bits per heavy atom. The lowest BCUT2D eigenvalue weighted by Crippen LogP contribution is -2.48. The summed E-state index contributed by atoms with van der Waals surface area (Å²) in [6.07, 6.45) is 0. The van der Waals surface area contributed by atoms with Crippen molar-refractivity contribution in [3.05, 3.63) is 24.0 Å². The number of ether oxygens (including phenoxy) is 1. The predicted octanol–water partition coefficient (Wildman–Crippen LogP) is 2.02. The lowest BCUT2D eigenvalue weighted by atomic mass is 10.1. The number of anilines is 2. The fourth-order valence-electron chi connectivity index (χ4n) is 2.00. The van der Waals surface area contributed by atoms with Crippen molar-refractivity contribution in [2.24, 2.45) is 0 Å². The third-order valence-electron chi connectivity index (χ3n) is 2.74. The highest BCUT2D eigenvalue weighted by Gasteiger charge is 2.28. The summed E-state index contributed by atoms with van der Waals surface area (Å²) in [5, 5.41) is 0. The first kappa shape index (κ1) is 11.2. The number of halogens is 1. The molecule has 0 bridgehead atoms. The molecule has 1 aliphatic rings. The van der Waals surface area contributed by atoms with Crippen LogP contribution in [-0.2, 0) is 4.74 Å².